The number of carboxylic acids is 1. The molecule has 0 radical (unpaired) electrons. The smallest absolute Gasteiger partial charge is 0.329 e. The highest BCUT2D eigenvalue weighted by molar-refractivity contribution is 5.98. The Morgan fingerprint density at radius 3 is 2.68 bits per heavy atom. The number of carbonyl (C=O) groups excluding carboxylic acids is 1. The molecule has 1 aliphatic heterocycles. The molecule has 0 bridgehead atoms. The second kappa shape index (κ2) is 5.38. The number of carbonyl (C=O) groups is 2. The molecular weight excluding hydrogens is 244 g/mol. The summed E-state index contributed by atoms with van der Waals surface area (Å²) in [6, 6.07) is 3.25. The number of rotatable bonds is 4. The fourth-order valence-electron chi connectivity index (χ4n) is 2.83. The van der Waals surface area contributed by atoms with Crippen molar-refractivity contribution in [1.29, 1.82) is 0 Å². The zero-order valence-corrected chi connectivity index (χ0v) is 11.0. The van der Waals surface area contributed by atoms with Gasteiger partial charge < -0.3 is 10.0 Å². The minimum Gasteiger partial charge on any atom is -0.479 e. The fourth-order valence-corrected chi connectivity index (χ4v) is 2.83. The van der Waals surface area contributed by atoms with Gasteiger partial charge in [-0.25, -0.2) is 4.79 Å². The maximum Gasteiger partial charge on any atom is 0.329 e. The molecule has 0 aromatic carbocycles. The summed E-state index contributed by atoms with van der Waals surface area (Å²) >= 11 is 0. The van der Waals surface area contributed by atoms with Crippen molar-refractivity contribution in [2.45, 2.75) is 38.1 Å². The van der Waals surface area contributed by atoms with E-state index in [4.69, 9.17) is 0 Å². The monoisotopic (exact) mass is 262 g/mol. The third-order valence-electron chi connectivity index (χ3n) is 3.72. The number of amides is 1. The summed E-state index contributed by atoms with van der Waals surface area (Å²) in [7, 11) is 0. The van der Waals surface area contributed by atoms with Crippen LogP contribution >= 0.6 is 0 Å². The average molecular weight is 262 g/mol. The second-order valence-corrected chi connectivity index (χ2v) is 4.88. The van der Waals surface area contributed by atoms with Gasteiger partial charge in [-0.3, -0.25) is 9.78 Å². The molecule has 1 unspecified atom stereocenters. The lowest BCUT2D eigenvalue weighted by Crippen LogP contribution is -2.53. The van der Waals surface area contributed by atoms with Gasteiger partial charge in [-0.1, -0.05) is 13.3 Å². The van der Waals surface area contributed by atoms with E-state index < -0.39 is 11.5 Å². The van der Waals surface area contributed by atoms with Crippen molar-refractivity contribution in [3.8, 4) is 0 Å². The molecular formula is C14H18N2O3. The number of nitrogens with zero attached hydrogens (tertiary/aromatic N) is 2. The first-order valence-electron chi connectivity index (χ1n) is 6.57. The van der Waals surface area contributed by atoms with E-state index in [9.17, 15) is 14.7 Å². The highest BCUT2D eigenvalue weighted by atomic mass is 16.4. The lowest BCUT2D eigenvalue weighted by atomic mass is 9.90. The van der Waals surface area contributed by atoms with Gasteiger partial charge in [0, 0.05) is 24.5 Å². The van der Waals surface area contributed by atoms with Crippen LogP contribution in [0.25, 0.3) is 0 Å². The number of likely N-dealkylation sites (tertiary alicyclic amines) is 1. The Hall–Kier alpha value is -1.91. The van der Waals surface area contributed by atoms with E-state index in [-0.39, 0.29) is 5.91 Å². The fraction of sp³-hybridized carbons (Fsp3) is 0.500. The summed E-state index contributed by atoms with van der Waals surface area (Å²) in [6.07, 6.45) is 5.61. The molecule has 102 valence electrons. The van der Waals surface area contributed by atoms with Crippen LogP contribution in [0.2, 0.25) is 0 Å². The summed E-state index contributed by atoms with van der Waals surface area (Å²) < 4.78 is 0. The molecule has 19 heavy (non-hydrogen) atoms. The molecule has 0 aliphatic carbocycles. The maximum atomic E-state index is 12.5. The number of aromatic nitrogens is 1. The third kappa shape index (κ3) is 2.32. The van der Waals surface area contributed by atoms with Gasteiger partial charge in [-0.15, -0.1) is 0 Å². The normalized spacial score (nSPS) is 22.5. The molecule has 1 aliphatic rings. The van der Waals surface area contributed by atoms with Gasteiger partial charge in [0.15, 0.2) is 0 Å². The zero-order valence-electron chi connectivity index (χ0n) is 11.0. The van der Waals surface area contributed by atoms with E-state index >= 15 is 0 Å². The SMILES string of the molecule is CCCC1(C(=O)O)CCCN1C(=O)c1ccncc1. The Morgan fingerprint density at radius 1 is 1.42 bits per heavy atom. The minimum atomic E-state index is -1.03. The molecule has 5 nitrogen and oxygen atoms in total. The molecule has 2 heterocycles. The third-order valence-corrected chi connectivity index (χ3v) is 3.72. The summed E-state index contributed by atoms with van der Waals surface area (Å²) in [5, 5.41) is 9.55. The standard InChI is InChI=1S/C14H18N2O3/c1-2-6-14(13(18)19)7-3-10-16(14)12(17)11-4-8-15-9-5-11/h4-5,8-9H,2-3,6-7,10H2,1H3,(H,18,19). The van der Waals surface area contributed by atoms with E-state index in [1.165, 1.54) is 4.90 Å². The number of hydrogen-bond donors (Lipinski definition) is 1. The van der Waals surface area contributed by atoms with E-state index in [1.807, 2.05) is 6.92 Å². The van der Waals surface area contributed by atoms with Crippen LogP contribution in [0.3, 0.4) is 0 Å². The number of hydrogen-bond acceptors (Lipinski definition) is 3. The van der Waals surface area contributed by atoms with E-state index in [0.29, 0.717) is 24.9 Å². The Labute approximate surface area is 112 Å². The van der Waals surface area contributed by atoms with Crippen molar-refractivity contribution in [2.75, 3.05) is 6.54 Å². The summed E-state index contributed by atoms with van der Waals surface area (Å²) in [4.78, 5) is 29.5. The second-order valence-electron chi connectivity index (χ2n) is 4.88. The van der Waals surface area contributed by atoms with Gasteiger partial charge in [0.2, 0.25) is 0 Å². The lowest BCUT2D eigenvalue weighted by molar-refractivity contribution is -0.148. The molecule has 1 atom stereocenters. The Bertz CT molecular complexity index is 475. The van der Waals surface area contributed by atoms with Crippen LogP contribution < -0.4 is 0 Å². The van der Waals surface area contributed by atoms with Crippen molar-refractivity contribution >= 4 is 11.9 Å². The first-order chi connectivity index (χ1) is 9.12. The summed E-state index contributed by atoms with van der Waals surface area (Å²) in [5.41, 5.74) is -0.534. The van der Waals surface area contributed by atoms with Crippen LogP contribution in [-0.4, -0.2) is 39.0 Å². The van der Waals surface area contributed by atoms with Gasteiger partial charge >= 0.3 is 5.97 Å². The molecule has 1 fully saturated rings. The largest absolute Gasteiger partial charge is 0.479 e. The van der Waals surface area contributed by atoms with Gasteiger partial charge in [-0.05, 0) is 31.4 Å². The van der Waals surface area contributed by atoms with Gasteiger partial charge in [-0.2, -0.15) is 0 Å². The van der Waals surface area contributed by atoms with Crippen LogP contribution in [0.15, 0.2) is 24.5 Å². The first kappa shape index (κ1) is 13.5. The predicted octanol–water partition coefficient (Wildman–Crippen LogP) is 1.94. The van der Waals surface area contributed by atoms with Crippen LogP contribution in [0.4, 0.5) is 0 Å². The Morgan fingerprint density at radius 2 is 2.11 bits per heavy atom. The highest BCUT2D eigenvalue weighted by Gasteiger charge is 2.49. The number of pyridine rings is 1. The molecule has 1 amide bonds. The molecule has 1 saturated heterocycles. The first-order valence-corrected chi connectivity index (χ1v) is 6.57. The van der Waals surface area contributed by atoms with Crippen molar-refractivity contribution < 1.29 is 14.7 Å². The van der Waals surface area contributed by atoms with E-state index in [0.717, 1.165) is 12.8 Å². The van der Waals surface area contributed by atoms with Crippen molar-refractivity contribution in [3.05, 3.63) is 30.1 Å². The van der Waals surface area contributed by atoms with E-state index in [1.54, 1.807) is 24.5 Å². The van der Waals surface area contributed by atoms with Gasteiger partial charge in [0.1, 0.15) is 5.54 Å². The van der Waals surface area contributed by atoms with Gasteiger partial charge in [0.05, 0.1) is 0 Å². The zero-order chi connectivity index (χ0) is 13.9. The maximum absolute atomic E-state index is 12.5. The van der Waals surface area contributed by atoms with Crippen LogP contribution in [0.1, 0.15) is 43.0 Å². The quantitative estimate of drug-likeness (QED) is 0.900. The summed E-state index contributed by atoms with van der Waals surface area (Å²) in [6.45, 7) is 2.45. The highest BCUT2D eigenvalue weighted by Crippen LogP contribution is 2.35. The molecule has 1 N–H and O–H groups in total. The molecule has 1 aromatic heterocycles. The van der Waals surface area contributed by atoms with E-state index in [2.05, 4.69) is 4.98 Å². The predicted molar refractivity (Wildman–Crippen MR) is 69.8 cm³/mol. The van der Waals surface area contributed by atoms with Gasteiger partial charge in [0.25, 0.3) is 5.91 Å². The Kier molecular flexibility index (Phi) is 3.83. The number of aliphatic carboxylic acids is 1. The van der Waals surface area contributed by atoms with Crippen LogP contribution in [-0.2, 0) is 4.79 Å². The van der Waals surface area contributed by atoms with Crippen molar-refractivity contribution in [3.63, 3.8) is 0 Å². The summed E-state index contributed by atoms with van der Waals surface area (Å²) in [5.74, 6) is -1.11. The molecule has 0 saturated carbocycles. The molecule has 5 heteroatoms. The lowest BCUT2D eigenvalue weighted by Gasteiger charge is -2.34. The molecule has 1 aromatic rings. The Balaban J connectivity index is 2.32. The average Bonchev–Trinajstić information content (AvgIpc) is 2.84. The molecule has 2 rings (SSSR count). The number of carboxylic acid groups (broad SMARTS) is 1. The van der Waals surface area contributed by atoms with Crippen molar-refractivity contribution in [2.24, 2.45) is 0 Å². The topological polar surface area (TPSA) is 70.5 Å². The van der Waals surface area contributed by atoms with Crippen LogP contribution in [0.5, 0.6) is 0 Å². The van der Waals surface area contributed by atoms with Crippen LogP contribution in [0, 0.1) is 0 Å². The minimum absolute atomic E-state index is 0.212. The molecule has 0 spiro atoms. The van der Waals surface area contributed by atoms with Crippen molar-refractivity contribution in [1.82, 2.24) is 9.88 Å².